The van der Waals surface area contributed by atoms with Gasteiger partial charge in [0.05, 0.1) is 39.6 Å². The predicted molar refractivity (Wildman–Crippen MR) is 131 cm³/mol. The number of hydrogen-bond acceptors (Lipinski definition) is 9. The molecule has 0 bridgehead atoms. The predicted octanol–water partition coefficient (Wildman–Crippen LogP) is 1.31. The summed E-state index contributed by atoms with van der Waals surface area (Å²) in [4.78, 5) is 36.6. The molecule has 206 valence electrons. The first-order chi connectivity index (χ1) is 16.3. The van der Waals surface area contributed by atoms with Crippen LogP contribution in [-0.2, 0) is 28.5 Å². The lowest BCUT2D eigenvalue weighted by atomic mass is 10.1. The minimum absolute atomic E-state index is 0.265. The molecule has 1 unspecified atom stereocenters. The van der Waals surface area contributed by atoms with E-state index in [2.05, 4.69) is 16.0 Å². The second-order valence-corrected chi connectivity index (χ2v) is 9.69. The van der Waals surface area contributed by atoms with Gasteiger partial charge in [-0.25, -0.2) is 9.59 Å². The van der Waals surface area contributed by atoms with Crippen LogP contribution in [-0.4, -0.2) is 94.6 Å². The third-order valence-electron chi connectivity index (χ3n) is 3.90. The molecule has 5 N–H and O–H groups in total. The molecule has 0 radical (unpaired) electrons. The fraction of sp³-hybridized carbons (Fsp3) is 0.870. The van der Waals surface area contributed by atoms with Crippen LogP contribution >= 0.6 is 0 Å². The lowest BCUT2D eigenvalue weighted by Gasteiger charge is -2.23. The summed E-state index contributed by atoms with van der Waals surface area (Å²) < 4.78 is 26.4. The summed E-state index contributed by atoms with van der Waals surface area (Å²) in [5.74, 6) is -0.370. The number of nitrogens with one attached hydrogen (secondary N) is 3. The van der Waals surface area contributed by atoms with E-state index >= 15 is 0 Å². The maximum absolute atomic E-state index is 12.6. The maximum Gasteiger partial charge on any atom is 0.408 e. The van der Waals surface area contributed by atoms with Crippen molar-refractivity contribution >= 4 is 18.1 Å². The van der Waals surface area contributed by atoms with Gasteiger partial charge in [0, 0.05) is 19.6 Å². The van der Waals surface area contributed by atoms with Gasteiger partial charge in [0.15, 0.2) is 0 Å². The highest BCUT2D eigenvalue weighted by atomic mass is 16.6. The quantitative estimate of drug-likeness (QED) is 0.213. The van der Waals surface area contributed by atoms with Gasteiger partial charge in [-0.15, -0.1) is 0 Å². The molecule has 35 heavy (non-hydrogen) atoms. The molecule has 0 aliphatic carbocycles. The van der Waals surface area contributed by atoms with Crippen molar-refractivity contribution in [1.82, 2.24) is 16.0 Å². The molecule has 0 rings (SSSR count). The highest BCUT2D eigenvalue weighted by molar-refractivity contribution is 5.85. The van der Waals surface area contributed by atoms with Crippen molar-refractivity contribution in [2.75, 3.05) is 59.3 Å². The third kappa shape index (κ3) is 22.1. The zero-order chi connectivity index (χ0) is 26.7. The zero-order valence-corrected chi connectivity index (χ0v) is 22.2. The minimum Gasteiger partial charge on any atom is -0.444 e. The van der Waals surface area contributed by atoms with Crippen LogP contribution in [0.2, 0.25) is 0 Å². The Balaban J connectivity index is 4.35. The third-order valence-corrected chi connectivity index (χ3v) is 3.90. The second kappa shape index (κ2) is 18.2. The average molecular weight is 507 g/mol. The van der Waals surface area contributed by atoms with E-state index in [1.165, 1.54) is 0 Å². The summed E-state index contributed by atoms with van der Waals surface area (Å²) in [7, 11) is 0. The second-order valence-electron chi connectivity index (χ2n) is 9.69. The highest BCUT2D eigenvalue weighted by Crippen LogP contribution is 2.08. The van der Waals surface area contributed by atoms with Crippen LogP contribution in [0.1, 0.15) is 54.4 Å². The molecule has 0 aromatic rings. The van der Waals surface area contributed by atoms with E-state index in [4.69, 9.17) is 29.4 Å². The fourth-order valence-electron chi connectivity index (χ4n) is 2.52. The van der Waals surface area contributed by atoms with Gasteiger partial charge in [0.1, 0.15) is 17.2 Å². The number of carbonyl (C=O) groups is 3. The van der Waals surface area contributed by atoms with Crippen molar-refractivity contribution in [3.05, 3.63) is 0 Å². The zero-order valence-electron chi connectivity index (χ0n) is 22.2. The minimum atomic E-state index is -0.831. The number of nitrogens with two attached hydrogens (primary N) is 1. The molecule has 0 spiro atoms. The Morgan fingerprint density at radius 1 is 0.714 bits per heavy atom. The van der Waals surface area contributed by atoms with Crippen LogP contribution in [0.5, 0.6) is 0 Å². The van der Waals surface area contributed by atoms with Gasteiger partial charge in [-0.1, -0.05) is 0 Å². The molecule has 0 aromatic carbocycles. The lowest BCUT2D eigenvalue weighted by Crippen LogP contribution is -2.49. The van der Waals surface area contributed by atoms with E-state index in [1.54, 1.807) is 41.5 Å². The molecular formula is C23H46N4O8. The monoisotopic (exact) mass is 506 g/mol. The number of carbonyl (C=O) groups excluding carboxylic acids is 3. The summed E-state index contributed by atoms with van der Waals surface area (Å²) >= 11 is 0. The standard InChI is InChI=1S/C23H46N4O8/c1-22(2,3)34-20(29)26-10-7-8-18(27-21(30)35-23(4,5)6)19(28)25-11-13-32-15-17-33-16-14-31-12-9-24/h18H,7-17,24H2,1-6H3,(H,25,28)(H,26,29)(H,27,30). The van der Waals surface area contributed by atoms with E-state index < -0.39 is 29.4 Å². The number of amides is 3. The van der Waals surface area contributed by atoms with E-state index in [9.17, 15) is 14.4 Å². The van der Waals surface area contributed by atoms with E-state index in [0.717, 1.165) is 0 Å². The largest absolute Gasteiger partial charge is 0.444 e. The van der Waals surface area contributed by atoms with Crippen LogP contribution in [0.25, 0.3) is 0 Å². The summed E-state index contributed by atoms with van der Waals surface area (Å²) in [6.07, 6.45) is -0.498. The van der Waals surface area contributed by atoms with Crippen molar-refractivity contribution in [2.45, 2.75) is 71.6 Å². The van der Waals surface area contributed by atoms with Gasteiger partial charge >= 0.3 is 12.2 Å². The first-order valence-corrected chi connectivity index (χ1v) is 12.0. The Morgan fingerprint density at radius 3 is 1.77 bits per heavy atom. The highest BCUT2D eigenvalue weighted by Gasteiger charge is 2.24. The van der Waals surface area contributed by atoms with Gasteiger partial charge in [0.2, 0.25) is 5.91 Å². The normalized spacial score (nSPS) is 12.5. The summed E-state index contributed by atoms with van der Waals surface area (Å²) in [6, 6.07) is -0.831. The van der Waals surface area contributed by atoms with Gasteiger partial charge < -0.3 is 45.4 Å². The molecular weight excluding hydrogens is 460 g/mol. The fourth-order valence-corrected chi connectivity index (χ4v) is 2.52. The molecule has 0 aromatic heterocycles. The van der Waals surface area contributed by atoms with E-state index in [0.29, 0.717) is 52.4 Å². The van der Waals surface area contributed by atoms with Gasteiger partial charge in [-0.2, -0.15) is 0 Å². The average Bonchev–Trinajstić information content (AvgIpc) is 2.71. The molecule has 0 aliphatic heterocycles. The smallest absolute Gasteiger partial charge is 0.408 e. The number of rotatable bonds is 17. The molecule has 12 nitrogen and oxygen atoms in total. The van der Waals surface area contributed by atoms with Crippen LogP contribution in [0.15, 0.2) is 0 Å². The first-order valence-electron chi connectivity index (χ1n) is 12.0. The van der Waals surface area contributed by atoms with Gasteiger partial charge in [0.25, 0.3) is 0 Å². The van der Waals surface area contributed by atoms with Crippen LogP contribution < -0.4 is 21.7 Å². The van der Waals surface area contributed by atoms with Crippen molar-refractivity contribution < 1.29 is 38.1 Å². The Bertz CT molecular complexity index is 605. The Morgan fingerprint density at radius 2 is 1.23 bits per heavy atom. The van der Waals surface area contributed by atoms with Crippen molar-refractivity contribution in [1.29, 1.82) is 0 Å². The molecule has 1 atom stereocenters. The summed E-state index contributed by atoms with van der Waals surface area (Å²) in [5, 5.41) is 7.96. The molecule has 12 heteroatoms. The molecule has 0 heterocycles. The van der Waals surface area contributed by atoms with Gasteiger partial charge in [-0.05, 0) is 54.4 Å². The number of hydrogen-bond donors (Lipinski definition) is 4. The lowest BCUT2D eigenvalue weighted by molar-refractivity contribution is -0.123. The van der Waals surface area contributed by atoms with Crippen LogP contribution in [0.4, 0.5) is 9.59 Å². The van der Waals surface area contributed by atoms with Crippen molar-refractivity contribution in [3.8, 4) is 0 Å². The van der Waals surface area contributed by atoms with E-state index in [1.807, 2.05) is 0 Å². The SMILES string of the molecule is CC(C)(C)OC(=O)NCCCC(NC(=O)OC(C)(C)C)C(=O)NCCOCCOCCOCCN. The summed E-state index contributed by atoms with van der Waals surface area (Å²) in [6.45, 7) is 14.1. The molecule has 3 amide bonds. The molecule has 0 saturated carbocycles. The Kier molecular flexibility index (Phi) is 17.0. The maximum atomic E-state index is 12.6. The first kappa shape index (κ1) is 32.8. The van der Waals surface area contributed by atoms with Crippen molar-refractivity contribution in [3.63, 3.8) is 0 Å². The number of ether oxygens (including phenoxy) is 5. The Labute approximate surface area is 209 Å². The number of alkyl carbamates (subject to hydrolysis) is 2. The summed E-state index contributed by atoms with van der Waals surface area (Å²) in [5.41, 5.74) is 4.02. The topological polar surface area (TPSA) is 159 Å². The van der Waals surface area contributed by atoms with Gasteiger partial charge in [-0.3, -0.25) is 4.79 Å². The molecule has 0 fully saturated rings. The van der Waals surface area contributed by atoms with Crippen LogP contribution in [0, 0.1) is 0 Å². The van der Waals surface area contributed by atoms with E-state index in [-0.39, 0.29) is 25.6 Å². The molecule has 0 aliphatic rings. The van der Waals surface area contributed by atoms with Crippen molar-refractivity contribution in [2.24, 2.45) is 5.73 Å². The molecule has 0 saturated heterocycles. The Hall–Kier alpha value is -2.15. The van der Waals surface area contributed by atoms with Crippen LogP contribution in [0.3, 0.4) is 0 Å².